The standard InChI is InChI=1S/C25H28N4O3/c1-2-5-16-6-3-7-19(14-16)23(30)24-27-21(28-29-24)15-17-9-11-18(12-10-17)22-20(25(31)32)8-4-13-26-22/h4,8-13,16,19H,2-3,5-7,14-15H2,1H3,(H,31,32)(H,27,28,29). The van der Waals surface area contributed by atoms with E-state index in [0.29, 0.717) is 29.7 Å². The maximum Gasteiger partial charge on any atom is 0.337 e. The summed E-state index contributed by atoms with van der Waals surface area (Å²) in [5, 5.41) is 16.5. The smallest absolute Gasteiger partial charge is 0.337 e. The molecule has 1 aliphatic carbocycles. The maximum atomic E-state index is 12.9. The number of aromatic carboxylic acids is 1. The first-order valence-corrected chi connectivity index (χ1v) is 11.3. The number of carbonyl (C=O) groups excluding carboxylic acids is 1. The van der Waals surface area contributed by atoms with Crippen molar-refractivity contribution in [3.05, 3.63) is 65.4 Å². The summed E-state index contributed by atoms with van der Waals surface area (Å²) in [4.78, 5) is 33.0. The summed E-state index contributed by atoms with van der Waals surface area (Å²) in [6.45, 7) is 2.20. The second-order valence-electron chi connectivity index (χ2n) is 8.57. The highest BCUT2D eigenvalue weighted by Crippen LogP contribution is 2.33. The first-order valence-electron chi connectivity index (χ1n) is 11.3. The molecule has 0 bridgehead atoms. The molecule has 2 heterocycles. The van der Waals surface area contributed by atoms with E-state index in [1.165, 1.54) is 12.8 Å². The molecule has 1 aromatic carbocycles. The normalized spacial score (nSPS) is 18.4. The molecule has 2 aromatic heterocycles. The Bertz CT molecular complexity index is 1090. The first-order chi connectivity index (χ1) is 15.5. The summed E-state index contributed by atoms with van der Waals surface area (Å²) in [5.41, 5.74) is 2.33. The quantitative estimate of drug-likeness (QED) is 0.488. The minimum atomic E-state index is -1.00. The number of carboxylic acids is 1. The van der Waals surface area contributed by atoms with Crippen molar-refractivity contribution < 1.29 is 14.7 Å². The Hall–Kier alpha value is -3.35. The van der Waals surface area contributed by atoms with Gasteiger partial charge in [-0.15, -0.1) is 0 Å². The summed E-state index contributed by atoms with van der Waals surface area (Å²) in [7, 11) is 0. The van der Waals surface area contributed by atoms with Crippen molar-refractivity contribution in [1.29, 1.82) is 0 Å². The lowest BCUT2D eigenvalue weighted by molar-refractivity contribution is 0.0697. The molecule has 0 spiro atoms. The Labute approximate surface area is 187 Å². The largest absolute Gasteiger partial charge is 0.478 e. The van der Waals surface area contributed by atoms with Crippen molar-refractivity contribution >= 4 is 11.8 Å². The van der Waals surface area contributed by atoms with Crippen molar-refractivity contribution in [2.24, 2.45) is 11.8 Å². The number of carboxylic acid groups (broad SMARTS) is 1. The third-order valence-corrected chi connectivity index (χ3v) is 6.24. The van der Waals surface area contributed by atoms with Gasteiger partial charge in [-0.25, -0.2) is 9.78 Å². The fourth-order valence-electron chi connectivity index (χ4n) is 4.65. The second kappa shape index (κ2) is 9.85. The Kier molecular flexibility index (Phi) is 6.73. The van der Waals surface area contributed by atoms with E-state index in [9.17, 15) is 14.7 Å². The Morgan fingerprint density at radius 1 is 1.16 bits per heavy atom. The summed E-state index contributed by atoms with van der Waals surface area (Å²) >= 11 is 0. The molecule has 3 aromatic rings. The molecule has 2 atom stereocenters. The van der Waals surface area contributed by atoms with Crippen molar-refractivity contribution in [2.45, 2.75) is 51.9 Å². The van der Waals surface area contributed by atoms with E-state index in [2.05, 4.69) is 27.1 Å². The minimum absolute atomic E-state index is 0.0324. The van der Waals surface area contributed by atoms with E-state index in [1.807, 2.05) is 24.3 Å². The van der Waals surface area contributed by atoms with Crippen LogP contribution in [0, 0.1) is 11.8 Å². The molecule has 166 valence electrons. The predicted octanol–water partition coefficient (Wildman–Crippen LogP) is 4.94. The van der Waals surface area contributed by atoms with E-state index < -0.39 is 5.97 Å². The molecule has 0 saturated heterocycles. The average molecular weight is 433 g/mol. The number of hydrogen-bond donors (Lipinski definition) is 2. The summed E-state index contributed by atoms with van der Waals surface area (Å²) in [6.07, 6.45) is 8.64. The number of carbonyl (C=O) groups is 2. The third-order valence-electron chi connectivity index (χ3n) is 6.24. The SMILES string of the molecule is CCCC1CCCC(C(=O)c2n[nH]c(Cc3ccc(-c4ncccc4C(=O)O)cc3)n2)C1. The van der Waals surface area contributed by atoms with Gasteiger partial charge in [0.05, 0.1) is 11.3 Å². The van der Waals surface area contributed by atoms with Crippen LogP contribution in [0.5, 0.6) is 0 Å². The van der Waals surface area contributed by atoms with Crippen LogP contribution in [0.25, 0.3) is 11.3 Å². The van der Waals surface area contributed by atoms with Crippen LogP contribution in [0.3, 0.4) is 0 Å². The summed E-state index contributed by atoms with van der Waals surface area (Å²) in [6, 6.07) is 10.7. The number of aromatic amines is 1. The van der Waals surface area contributed by atoms with Gasteiger partial charge in [0.1, 0.15) is 5.82 Å². The zero-order chi connectivity index (χ0) is 22.5. The number of nitrogens with one attached hydrogen (secondary N) is 1. The van der Waals surface area contributed by atoms with Gasteiger partial charge in [0.25, 0.3) is 0 Å². The van der Waals surface area contributed by atoms with Crippen molar-refractivity contribution in [1.82, 2.24) is 20.2 Å². The monoisotopic (exact) mass is 432 g/mol. The van der Waals surface area contributed by atoms with Gasteiger partial charge in [-0.3, -0.25) is 14.9 Å². The Balaban J connectivity index is 1.43. The number of nitrogens with zero attached hydrogens (tertiary/aromatic N) is 3. The number of rotatable bonds is 8. The lowest BCUT2D eigenvalue weighted by Gasteiger charge is -2.27. The molecule has 2 N–H and O–H groups in total. The molecular weight excluding hydrogens is 404 g/mol. The molecule has 7 nitrogen and oxygen atoms in total. The van der Waals surface area contributed by atoms with Crippen LogP contribution >= 0.6 is 0 Å². The van der Waals surface area contributed by atoms with Gasteiger partial charge in [0, 0.05) is 24.1 Å². The van der Waals surface area contributed by atoms with Crippen molar-refractivity contribution in [3.8, 4) is 11.3 Å². The number of benzene rings is 1. The zero-order valence-corrected chi connectivity index (χ0v) is 18.3. The van der Waals surface area contributed by atoms with Gasteiger partial charge in [0.2, 0.25) is 11.6 Å². The van der Waals surface area contributed by atoms with Gasteiger partial charge >= 0.3 is 5.97 Å². The molecule has 2 unspecified atom stereocenters. The van der Waals surface area contributed by atoms with Crippen LogP contribution in [0.2, 0.25) is 0 Å². The number of H-pyrrole nitrogens is 1. The number of ketones is 1. The molecule has 4 rings (SSSR count). The molecule has 1 fully saturated rings. The average Bonchev–Trinajstić information content (AvgIpc) is 3.28. The summed E-state index contributed by atoms with van der Waals surface area (Å²) in [5.74, 6) is 0.657. The third kappa shape index (κ3) is 4.93. The lowest BCUT2D eigenvalue weighted by Crippen LogP contribution is -2.24. The number of aromatic nitrogens is 4. The number of hydrogen-bond acceptors (Lipinski definition) is 5. The highest BCUT2D eigenvalue weighted by molar-refractivity contribution is 5.95. The molecule has 7 heteroatoms. The molecule has 0 radical (unpaired) electrons. The zero-order valence-electron chi connectivity index (χ0n) is 18.3. The molecule has 32 heavy (non-hydrogen) atoms. The van der Waals surface area contributed by atoms with E-state index >= 15 is 0 Å². The van der Waals surface area contributed by atoms with Crippen LogP contribution in [-0.2, 0) is 6.42 Å². The van der Waals surface area contributed by atoms with E-state index in [-0.39, 0.29) is 17.3 Å². The van der Waals surface area contributed by atoms with Crippen LogP contribution in [0.4, 0.5) is 0 Å². The highest BCUT2D eigenvalue weighted by Gasteiger charge is 2.29. The van der Waals surface area contributed by atoms with Crippen molar-refractivity contribution in [3.63, 3.8) is 0 Å². The maximum absolute atomic E-state index is 12.9. The topological polar surface area (TPSA) is 109 Å². The van der Waals surface area contributed by atoms with Crippen LogP contribution in [0.15, 0.2) is 42.6 Å². The van der Waals surface area contributed by atoms with E-state index in [1.54, 1.807) is 18.3 Å². The molecule has 0 amide bonds. The van der Waals surface area contributed by atoms with E-state index in [4.69, 9.17) is 0 Å². The van der Waals surface area contributed by atoms with Gasteiger partial charge < -0.3 is 5.11 Å². The second-order valence-corrected chi connectivity index (χ2v) is 8.57. The fourth-order valence-corrected chi connectivity index (χ4v) is 4.65. The van der Waals surface area contributed by atoms with Gasteiger partial charge in [-0.05, 0) is 36.5 Å². The molecule has 1 saturated carbocycles. The Morgan fingerprint density at radius 2 is 1.97 bits per heavy atom. The highest BCUT2D eigenvalue weighted by atomic mass is 16.4. The Morgan fingerprint density at radius 3 is 2.72 bits per heavy atom. The first kappa shape index (κ1) is 21.9. The predicted molar refractivity (Wildman–Crippen MR) is 121 cm³/mol. The van der Waals surface area contributed by atoms with Crippen LogP contribution in [0.1, 0.15) is 77.8 Å². The van der Waals surface area contributed by atoms with E-state index in [0.717, 1.165) is 36.8 Å². The van der Waals surface area contributed by atoms with Crippen LogP contribution in [-0.4, -0.2) is 37.0 Å². The van der Waals surface area contributed by atoms with Gasteiger partial charge in [-0.1, -0.05) is 56.9 Å². The molecule has 0 aliphatic heterocycles. The van der Waals surface area contributed by atoms with Gasteiger partial charge in [-0.2, -0.15) is 5.10 Å². The number of pyridine rings is 1. The molecular formula is C25H28N4O3. The van der Waals surface area contributed by atoms with Crippen LogP contribution < -0.4 is 0 Å². The van der Waals surface area contributed by atoms with Crippen molar-refractivity contribution in [2.75, 3.05) is 0 Å². The fraction of sp³-hybridized carbons (Fsp3) is 0.400. The lowest BCUT2D eigenvalue weighted by atomic mass is 9.77. The number of Topliss-reactive ketones (excluding diaryl/α,β-unsaturated/α-hetero) is 1. The minimum Gasteiger partial charge on any atom is -0.478 e. The summed E-state index contributed by atoms with van der Waals surface area (Å²) < 4.78 is 0. The molecule has 1 aliphatic rings. The van der Waals surface area contributed by atoms with Gasteiger partial charge in [0.15, 0.2) is 0 Å².